The van der Waals surface area contributed by atoms with Crippen LogP contribution in [0.25, 0.3) is 0 Å². The Balaban J connectivity index is 2.08. The average molecular weight is 233 g/mol. The molecule has 0 amide bonds. The first kappa shape index (κ1) is 11.5. The van der Waals surface area contributed by atoms with Gasteiger partial charge in [0.05, 0.1) is 19.3 Å². The molecule has 1 saturated heterocycles. The first-order valence-corrected chi connectivity index (χ1v) is 6.25. The van der Waals surface area contributed by atoms with Crippen LogP contribution in [0.1, 0.15) is 25.3 Å². The Morgan fingerprint density at radius 3 is 2.31 bits per heavy atom. The lowest BCUT2D eigenvalue weighted by Crippen LogP contribution is -2.45. The maximum Gasteiger partial charge on any atom is 0.153 e. The number of ether oxygens (including phenoxy) is 1. The fourth-order valence-electron chi connectivity index (χ4n) is 1.58. The van der Waals surface area contributed by atoms with Gasteiger partial charge in [-0.15, -0.1) is 0 Å². The summed E-state index contributed by atoms with van der Waals surface area (Å²) in [5.74, 6) is 0.552. The van der Waals surface area contributed by atoms with E-state index < -0.39 is 0 Å². The highest BCUT2D eigenvalue weighted by Crippen LogP contribution is 2.38. The molecule has 1 aliphatic heterocycles. The van der Waals surface area contributed by atoms with Crippen LogP contribution in [0.3, 0.4) is 0 Å². The Hall–Kier alpha value is -0.980. The molecule has 0 N–H and O–H groups in total. The Kier molecular flexibility index (Phi) is 3.22. The van der Waals surface area contributed by atoms with Crippen molar-refractivity contribution in [3.8, 4) is 6.07 Å². The Bertz CT molecular complexity index is 401. The average Bonchev–Trinajstić information content (AvgIpc) is 2.24. The molecule has 1 fully saturated rings. The van der Waals surface area contributed by atoms with Crippen molar-refractivity contribution in [1.29, 1.82) is 5.26 Å². The minimum absolute atomic E-state index is 0.348. The highest BCUT2D eigenvalue weighted by atomic mass is 32.2. The van der Waals surface area contributed by atoms with Crippen molar-refractivity contribution in [2.75, 3.05) is 13.2 Å². The molecular weight excluding hydrogens is 218 g/mol. The van der Waals surface area contributed by atoms with Crippen LogP contribution in [-0.4, -0.2) is 18.0 Å². The van der Waals surface area contributed by atoms with Gasteiger partial charge >= 0.3 is 0 Å². The van der Waals surface area contributed by atoms with E-state index in [9.17, 15) is 0 Å². The van der Waals surface area contributed by atoms with Gasteiger partial charge in [0.25, 0.3) is 0 Å². The molecule has 0 bridgehead atoms. The summed E-state index contributed by atoms with van der Waals surface area (Å²) < 4.78 is 4.77. The number of nitriles is 1. The molecular formula is C13H15NOS. The minimum Gasteiger partial charge on any atom is -0.376 e. The van der Waals surface area contributed by atoms with E-state index in [0.717, 1.165) is 4.90 Å². The van der Waals surface area contributed by atoms with E-state index in [1.807, 2.05) is 0 Å². The van der Waals surface area contributed by atoms with Crippen molar-refractivity contribution in [1.82, 2.24) is 0 Å². The summed E-state index contributed by atoms with van der Waals surface area (Å²) in [5, 5.41) is 9.09. The largest absolute Gasteiger partial charge is 0.376 e. The maximum atomic E-state index is 9.09. The molecule has 1 aliphatic rings. The summed E-state index contributed by atoms with van der Waals surface area (Å²) in [4.78, 5) is 1.15. The lowest BCUT2D eigenvalue weighted by atomic mass is 10.0. The quantitative estimate of drug-likeness (QED) is 0.803. The molecule has 0 radical (unpaired) electrons. The SMILES string of the molecule is CC(C)c1ccc(SC2(C#N)COC2)cc1. The molecule has 1 heterocycles. The predicted molar refractivity (Wildman–Crippen MR) is 65.6 cm³/mol. The van der Waals surface area contributed by atoms with E-state index in [1.165, 1.54) is 5.56 Å². The zero-order valence-corrected chi connectivity index (χ0v) is 10.4. The first-order chi connectivity index (χ1) is 7.65. The molecule has 0 spiro atoms. The topological polar surface area (TPSA) is 33.0 Å². The third kappa shape index (κ3) is 2.23. The highest BCUT2D eigenvalue weighted by molar-refractivity contribution is 8.01. The molecule has 0 unspecified atom stereocenters. The normalized spacial score (nSPS) is 17.9. The van der Waals surface area contributed by atoms with Gasteiger partial charge in [0, 0.05) is 4.90 Å². The van der Waals surface area contributed by atoms with Crippen LogP contribution in [0, 0.1) is 11.3 Å². The van der Waals surface area contributed by atoms with Gasteiger partial charge in [-0.3, -0.25) is 0 Å². The van der Waals surface area contributed by atoms with Crippen molar-refractivity contribution in [2.24, 2.45) is 0 Å². The summed E-state index contributed by atoms with van der Waals surface area (Å²) in [7, 11) is 0. The van der Waals surface area contributed by atoms with Crippen LogP contribution in [0.5, 0.6) is 0 Å². The highest BCUT2D eigenvalue weighted by Gasteiger charge is 2.40. The van der Waals surface area contributed by atoms with Gasteiger partial charge < -0.3 is 4.74 Å². The predicted octanol–water partition coefficient (Wildman–Crippen LogP) is 3.19. The van der Waals surface area contributed by atoms with E-state index in [4.69, 9.17) is 10.00 Å². The van der Waals surface area contributed by atoms with Crippen LogP contribution >= 0.6 is 11.8 Å². The third-order valence-corrected chi connectivity index (χ3v) is 3.96. The number of hydrogen-bond donors (Lipinski definition) is 0. The van der Waals surface area contributed by atoms with Crippen LogP contribution < -0.4 is 0 Å². The maximum absolute atomic E-state index is 9.09. The summed E-state index contributed by atoms with van der Waals surface area (Å²) in [6, 6.07) is 10.8. The fraction of sp³-hybridized carbons (Fsp3) is 0.462. The molecule has 0 aromatic heterocycles. The molecule has 0 saturated carbocycles. The molecule has 84 valence electrons. The fourth-order valence-corrected chi connectivity index (χ4v) is 2.63. The van der Waals surface area contributed by atoms with Crippen LogP contribution in [0.15, 0.2) is 29.2 Å². The zero-order valence-electron chi connectivity index (χ0n) is 9.56. The van der Waals surface area contributed by atoms with Crippen molar-refractivity contribution in [3.63, 3.8) is 0 Å². The number of thioether (sulfide) groups is 1. The molecule has 16 heavy (non-hydrogen) atoms. The molecule has 0 aliphatic carbocycles. The van der Waals surface area contributed by atoms with Gasteiger partial charge in [-0.25, -0.2) is 0 Å². The molecule has 3 heteroatoms. The molecule has 1 aromatic rings. The van der Waals surface area contributed by atoms with E-state index in [-0.39, 0.29) is 4.75 Å². The van der Waals surface area contributed by atoms with E-state index >= 15 is 0 Å². The number of hydrogen-bond acceptors (Lipinski definition) is 3. The van der Waals surface area contributed by atoms with Crippen LogP contribution in [-0.2, 0) is 4.74 Å². The Morgan fingerprint density at radius 2 is 1.94 bits per heavy atom. The lowest BCUT2D eigenvalue weighted by Gasteiger charge is -2.34. The minimum atomic E-state index is -0.348. The monoisotopic (exact) mass is 233 g/mol. The van der Waals surface area contributed by atoms with Gasteiger partial charge in [0.15, 0.2) is 4.75 Å². The van der Waals surface area contributed by atoms with Gasteiger partial charge in [-0.1, -0.05) is 37.7 Å². The van der Waals surface area contributed by atoms with Crippen molar-refractivity contribution in [3.05, 3.63) is 29.8 Å². The van der Waals surface area contributed by atoms with Gasteiger partial charge in [-0.2, -0.15) is 5.26 Å². The number of nitrogens with zero attached hydrogens (tertiary/aromatic N) is 1. The van der Waals surface area contributed by atoms with Crippen LogP contribution in [0.2, 0.25) is 0 Å². The smallest absolute Gasteiger partial charge is 0.153 e. The van der Waals surface area contributed by atoms with E-state index in [2.05, 4.69) is 44.2 Å². The van der Waals surface area contributed by atoms with Crippen LogP contribution in [0.4, 0.5) is 0 Å². The van der Waals surface area contributed by atoms with Crippen molar-refractivity contribution >= 4 is 11.8 Å². The number of benzene rings is 1. The second kappa shape index (κ2) is 4.48. The number of rotatable bonds is 3. The van der Waals surface area contributed by atoms with Crippen molar-refractivity contribution in [2.45, 2.75) is 29.4 Å². The Labute approximate surface area is 101 Å². The zero-order chi connectivity index (χ0) is 11.6. The van der Waals surface area contributed by atoms with Crippen molar-refractivity contribution < 1.29 is 4.74 Å². The molecule has 2 nitrogen and oxygen atoms in total. The third-order valence-electron chi connectivity index (χ3n) is 2.73. The summed E-state index contributed by atoms with van der Waals surface area (Å²) in [5.41, 5.74) is 1.33. The molecule has 1 aromatic carbocycles. The molecule has 2 rings (SSSR count). The van der Waals surface area contributed by atoms with Gasteiger partial charge in [0.1, 0.15) is 0 Å². The summed E-state index contributed by atoms with van der Waals surface area (Å²) in [6.45, 7) is 5.44. The van der Waals surface area contributed by atoms with E-state index in [1.54, 1.807) is 11.8 Å². The summed E-state index contributed by atoms with van der Waals surface area (Å²) >= 11 is 1.61. The summed E-state index contributed by atoms with van der Waals surface area (Å²) in [6.07, 6.45) is 0. The van der Waals surface area contributed by atoms with Gasteiger partial charge in [-0.05, 0) is 23.6 Å². The molecule has 0 atom stereocenters. The first-order valence-electron chi connectivity index (χ1n) is 5.43. The van der Waals surface area contributed by atoms with E-state index in [0.29, 0.717) is 19.1 Å². The Morgan fingerprint density at radius 1 is 1.31 bits per heavy atom. The van der Waals surface area contributed by atoms with Gasteiger partial charge in [0.2, 0.25) is 0 Å². The lowest BCUT2D eigenvalue weighted by molar-refractivity contribution is 0.0161. The second-order valence-electron chi connectivity index (χ2n) is 4.42. The second-order valence-corrected chi connectivity index (χ2v) is 5.88. The standard InChI is InChI=1S/C13H15NOS/c1-10(2)11-3-5-12(6-4-11)16-13(7-14)8-15-9-13/h3-6,10H,8-9H2,1-2H3.